The summed E-state index contributed by atoms with van der Waals surface area (Å²) < 4.78 is 5.20. The van der Waals surface area contributed by atoms with Crippen molar-refractivity contribution in [2.45, 2.75) is 26.2 Å². The lowest BCUT2D eigenvalue weighted by Gasteiger charge is -2.20. The standard InChI is InChI=1S/C23H35N3O2/c1-5-6-10-22(11-9-13-24-19-27)25-14-12-23(26-15-7-8-16-26)17-20(2)21(3)18-28-4/h5,9-12,17,19,25H,1,3,6-8,13-16,18H2,2,4H3,(H,24,27)/b11-9-,20-17+,22-10+,23-12-. The fourth-order valence-electron chi connectivity index (χ4n) is 2.85. The van der Waals surface area contributed by atoms with E-state index >= 15 is 0 Å². The van der Waals surface area contributed by atoms with E-state index in [4.69, 9.17) is 4.74 Å². The summed E-state index contributed by atoms with van der Waals surface area (Å²) >= 11 is 0. The topological polar surface area (TPSA) is 53.6 Å². The second-order valence-corrected chi connectivity index (χ2v) is 6.68. The Morgan fingerprint density at radius 3 is 2.61 bits per heavy atom. The summed E-state index contributed by atoms with van der Waals surface area (Å²) in [6.45, 7) is 13.9. The number of ether oxygens (including phenoxy) is 1. The number of carbonyl (C=O) groups is 1. The van der Waals surface area contributed by atoms with Gasteiger partial charge in [-0.05, 0) is 55.6 Å². The zero-order valence-corrected chi connectivity index (χ0v) is 17.4. The van der Waals surface area contributed by atoms with E-state index in [-0.39, 0.29) is 0 Å². The summed E-state index contributed by atoms with van der Waals surface area (Å²) in [6.07, 6.45) is 16.2. The van der Waals surface area contributed by atoms with Crippen molar-refractivity contribution in [2.24, 2.45) is 0 Å². The Bertz CT molecular complexity index is 624. The first-order valence-corrected chi connectivity index (χ1v) is 9.81. The molecule has 0 bridgehead atoms. The minimum atomic E-state index is 0.509. The molecular weight excluding hydrogens is 350 g/mol. The molecule has 2 N–H and O–H groups in total. The molecule has 0 aromatic rings. The van der Waals surface area contributed by atoms with E-state index in [9.17, 15) is 4.79 Å². The molecule has 0 radical (unpaired) electrons. The number of methoxy groups -OCH3 is 1. The van der Waals surface area contributed by atoms with Gasteiger partial charge < -0.3 is 20.3 Å². The summed E-state index contributed by atoms with van der Waals surface area (Å²) in [4.78, 5) is 12.8. The van der Waals surface area contributed by atoms with Gasteiger partial charge in [-0.1, -0.05) is 24.8 Å². The van der Waals surface area contributed by atoms with Crippen LogP contribution in [0.2, 0.25) is 0 Å². The average Bonchev–Trinajstić information content (AvgIpc) is 3.22. The smallest absolute Gasteiger partial charge is 0.207 e. The van der Waals surface area contributed by atoms with Crippen LogP contribution >= 0.6 is 0 Å². The van der Waals surface area contributed by atoms with Gasteiger partial charge in [0.15, 0.2) is 0 Å². The van der Waals surface area contributed by atoms with Crippen LogP contribution in [0.1, 0.15) is 26.2 Å². The number of rotatable bonds is 14. The van der Waals surface area contributed by atoms with E-state index in [1.54, 1.807) is 7.11 Å². The number of nitrogens with zero attached hydrogens (tertiary/aromatic N) is 1. The first-order valence-electron chi connectivity index (χ1n) is 9.81. The lowest BCUT2D eigenvalue weighted by molar-refractivity contribution is -0.109. The van der Waals surface area contributed by atoms with E-state index in [1.165, 1.54) is 18.5 Å². The van der Waals surface area contributed by atoms with Crippen molar-refractivity contribution in [2.75, 3.05) is 39.9 Å². The minimum Gasteiger partial charge on any atom is -0.382 e. The van der Waals surface area contributed by atoms with E-state index in [2.05, 4.69) is 53.8 Å². The van der Waals surface area contributed by atoms with Gasteiger partial charge in [0.05, 0.1) is 6.61 Å². The highest BCUT2D eigenvalue weighted by Gasteiger charge is 2.13. The molecule has 154 valence electrons. The number of allylic oxidation sites excluding steroid dienone is 4. The molecule has 0 aromatic carbocycles. The Hall–Kier alpha value is -2.53. The van der Waals surface area contributed by atoms with Gasteiger partial charge in [-0.3, -0.25) is 4.79 Å². The molecule has 1 fully saturated rings. The lowest BCUT2D eigenvalue weighted by atomic mass is 10.1. The van der Waals surface area contributed by atoms with Crippen LogP contribution in [0.15, 0.2) is 72.2 Å². The number of hydrogen-bond acceptors (Lipinski definition) is 4. The second kappa shape index (κ2) is 14.5. The summed E-state index contributed by atoms with van der Waals surface area (Å²) in [5, 5.41) is 6.07. The van der Waals surface area contributed by atoms with Crippen LogP contribution in [0.5, 0.6) is 0 Å². The molecule has 1 aliphatic rings. The fourth-order valence-corrected chi connectivity index (χ4v) is 2.85. The zero-order chi connectivity index (χ0) is 20.6. The van der Waals surface area contributed by atoms with Crippen LogP contribution in [0.4, 0.5) is 0 Å². The third-order valence-corrected chi connectivity index (χ3v) is 4.45. The van der Waals surface area contributed by atoms with E-state index < -0.39 is 0 Å². The van der Waals surface area contributed by atoms with E-state index in [0.29, 0.717) is 26.1 Å². The first-order chi connectivity index (χ1) is 13.6. The molecule has 1 saturated heterocycles. The van der Waals surface area contributed by atoms with Crippen LogP contribution in [0.3, 0.4) is 0 Å². The Kier molecular flexibility index (Phi) is 12.2. The number of nitrogens with one attached hydrogen (secondary N) is 2. The molecular formula is C23H35N3O2. The predicted octanol–water partition coefficient (Wildman–Crippen LogP) is 3.47. The Labute approximate surface area is 170 Å². The normalized spacial score (nSPS) is 15.8. The molecule has 0 atom stereocenters. The maximum Gasteiger partial charge on any atom is 0.207 e. The van der Waals surface area contributed by atoms with Crippen LogP contribution in [0.25, 0.3) is 0 Å². The van der Waals surface area contributed by atoms with Gasteiger partial charge in [0.2, 0.25) is 6.41 Å². The Balaban J connectivity index is 2.83. The second-order valence-electron chi connectivity index (χ2n) is 6.68. The Morgan fingerprint density at radius 2 is 1.96 bits per heavy atom. The van der Waals surface area contributed by atoms with Crippen molar-refractivity contribution >= 4 is 6.41 Å². The predicted molar refractivity (Wildman–Crippen MR) is 118 cm³/mol. The van der Waals surface area contributed by atoms with Crippen LogP contribution in [-0.2, 0) is 9.53 Å². The summed E-state index contributed by atoms with van der Waals surface area (Å²) in [5.74, 6) is 0. The summed E-state index contributed by atoms with van der Waals surface area (Å²) in [5.41, 5.74) is 4.36. The third-order valence-electron chi connectivity index (χ3n) is 4.45. The van der Waals surface area contributed by atoms with Gasteiger partial charge in [0.1, 0.15) is 0 Å². The van der Waals surface area contributed by atoms with Crippen molar-refractivity contribution < 1.29 is 9.53 Å². The zero-order valence-electron chi connectivity index (χ0n) is 17.4. The third kappa shape index (κ3) is 9.42. The molecule has 5 heteroatoms. The molecule has 0 aliphatic carbocycles. The van der Waals surface area contributed by atoms with Gasteiger partial charge >= 0.3 is 0 Å². The number of amides is 1. The quantitative estimate of drug-likeness (QED) is 0.208. The van der Waals surface area contributed by atoms with Crippen molar-refractivity contribution in [1.29, 1.82) is 0 Å². The molecule has 0 spiro atoms. The maximum atomic E-state index is 10.4. The summed E-state index contributed by atoms with van der Waals surface area (Å²) in [7, 11) is 1.69. The number of likely N-dealkylation sites (tertiary alicyclic amines) is 1. The SMILES string of the molecule is C=CC/C=C(\C=C/CNC=O)NC/C=C(/C=C(\C)C(=C)COC)N1CCCC1. The van der Waals surface area contributed by atoms with Crippen molar-refractivity contribution in [1.82, 2.24) is 15.5 Å². The van der Waals surface area contributed by atoms with Gasteiger partial charge in [-0.2, -0.15) is 0 Å². The van der Waals surface area contributed by atoms with E-state index in [1.807, 2.05) is 18.2 Å². The molecule has 28 heavy (non-hydrogen) atoms. The molecule has 5 nitrogen and oxygen atoms in total. The van der Waals surface area contributed by atoms with Crippen LogP contribution in [-0.4, -0.2) is 51.2 Å². The largest absolute Gasteiger partial charge is 0.382 e. The van der Waals surface area contributed by atoms with Crippen LogP contribution < -0.4 is 10.6 Å². The number of carbonyl (C=O) groups excluding carboxylic acids is 1. The molecule has 1 amide bonds. The molecule has 1 rings (SSSR count). The minimum absolute atomic E-state index is 0.509. The average molecular weight is 386 g/mol. The van der Waals surface area contributed by atoms with Crippen molar-refractivity contribution in [3.8, 4) is 0 Å². The lowest BCUT2D eigenvalue weighted by Crippen LogP contribution is -2.20. The highest BCUT2D eigenvalue weighted by Crippen LogP contribution is 2.19. The monoisotopic (exact) mass is 385 g/mol. The molecule has 0 saturated carbocycles. The van der Waals surface area contributed by atoms with Gasteiger partial charge in [0, 0.05) is 44.7 Å². The number of hydrogen-bond donors (Lipinski definition) is 2. The Morgan fingerprint density at radius 1 is 1.21 bits per heavy atom. The highest BCUT2D eigenvalue weighted by atomic mass is 16.5. The van der Waals surface area contributed by atoms with Gasteiger partial charge in [-0.15, -0.1) is 6.58 Å². The molecule has 0 aromatic heterocycles. The summed E-state index contributed by atoms with van der Waals surface area (Å²) in [6, 6.07) is 0. The molecule has 1 heterocycles. The molecule has 1 aliphatic heterocycles. The highest BCUT2D eigenvalue weighted by molar-refractivity contribution is 5.46. The van der Waals surface area contributed by atoms with Gasteiger partial charge in [0.25, 0.3) is 0 Å². The van der Waals surface area contributed by atoms with Gasteiger partial charge in [-0.25, -0.2) is 0 Å². The van der Waals surface area contributed by atoms with Crippen molar-refractivity contribution in [3.63, 3.8) is 0 Å². The molecule has 0 unspecified atom stereocenters. The van der Waals surface area contributed by atoms with Crippen molar-refractivity contribution in [3.05, 3.63) is 72.2 Å². The first kappa shape index (κ1) is 23.5. The van der Waals surface area contributed by atoms with E-state index in [0.717, 1.165) is 36.4 Å². The fraction of sp³-hybridized carbons (Fsp3) is 0.435. The maximum absolute atomic E-state index is 10.4. The van der Waals surface area contributed by atoms with Crippen LogP contribution in [0, 0.1) is 0 Å².